The Morgan fingerprint density at radius 3 is 3.00 bits per heavy atom. The zero-order valence-corrected chi connectivity index (χ0v) is 9.11. The smallest absolute Gasteiger partial charge is 0.225 e. The molecule has 6 heteroatoms. The molecule has 0 aliphatic rings. The zero-order chi connectivity index (χ0) is 10.7. The van der Waals surface area contributed by atoms with Gasteiger partial charge in [-0.1, -0.05) is 12.1 Å². The number of halogens is 1. The second kappa shape index (κ2) is 4.44. The monoisotopic (exact) mass is 226 g/mol. The van der Waals surface area contributed by atoms with Crippen LogP contribution in [0, 0.1) is 0 Å². The van der Waals surface area contributed by atoms with Crippen molar-refractivity contribution in [1.29, 1.82) is 0 Å². The molecule has 0 fully saturated rings. The van der Waals surface area contributed by atoms with Crippen LogP contribution in [0.25, 0.3) is 0 Å². The molecule has 0 aromatic carbocycles. The van der Waals surface area contributed by atoms with E-state index in [0.717, 1.165) is 24.4 Å². The molecule has 0 aliphatic heterocycles. The Morgan fingerprint density at radius 2 is 2.33 bits per heavy atom. The molecule has 0 unspecified atom stereocenters. The Labute approximate surface area is 92.0 Å². The van der Waals surface area contributed by atoms with E-state index in [1.807, 2.05) is 4.57 Å². The molecular formula is C9H11ClN4O. The number of hydrogen-bond donors (Lipinski definition) is 0. The van der Waals surface area contributed by atoms with Crippen LogP contribution in [-0.4, -0.2) is 19.9 Å². The maximum Gasteiger partial charge on any atom is 0.225 e. The van der Waals surface area contributed by atoms with E-state index in [4.69, 9.17) is 16.1 Å². The molecule has 2 rings (SSSR count). The second-order valence-electron chi connectivity index (χ2n) is 3.21. The fourth-order valence-electron chi connectivity index (χ4n) is 1.36. The molecule has 0 saturated heterocycles. The van der Waals surface area contributed by atoms with Gasteiger partial charge in [-0.2, -0.15) is 0 Å². The number of aryl methyl sites for hydroxylation is 1. The maximum absolute atomic E-state index is 5.93. The van der Waals surface area contributed by atoms with Crippen molar-refractivity contribution < 1.29 is 4.52 Å². The largest absolute Gasteiger partial charge is 0.364 e. The van der Waals surface area contributed by atoms with Crippen LogP contribution >= 0.6 is 11.6 Å². The van der Waals surface area contributed by atoms with E-state index in [2.05, 4.69) is 22.3 Å². The number of aromatic nitrogens is 4. The standard InChI is InChI=1S/C9H11ClN4O/c1-2-3-8-11-12-9(10)14(8)6-7-4-5-15-13-7/h4-5H,2-3,6H2,1H3. The number of hydrogen-bond acceptors (Lipinski definition) is 4. The molecule has 0 saturated carbocycles. The van der Waals surface area contributed by atoms with Crippen molar-refractivity contribution in [3.8, 4) is 0 Å². The van der Waals surface area contributed by atoms with Gasteiger partial charge in [0.15, 0.2) is 0 Å². The van der Waals surface area contributed by atoms with Crippen LogP contribution in [0.4, 0.5) is 0 Å². The molecule has 0 N–H and O–H groups in total. The SMILES string of the molecule is CCCc1nnc(Cl)n1Cc1ccon1. The van der Waals surface area contributed by atoms with Crippen molar-refractivity contribution in [3.05, 3.63) is 29.1 Å². The first kappa shape index (κ1) is 10.2. The predicted molar refractivity (Wildman–Crippen MR) is 54.6 cm³/mol. The zero-order valence-electron chi connectivity index (χ0n) is 8.35. The summed E-state index contributed by atoms with van der Waals surface area (Å²) in [6.07, 6.45) is 3.40. The van der Waals surface area contributed by atoms with Gasteiger partial charge in [-0.25, -0.2) is 0 Å². The molecule has 15 heavy (non-hydrogen) atoms. The quantitative estimate of drug-likeness (QED) is 0.799. The first-order valence-electron chi connectivity index (χ1n) is 4.78. The molecule has 0 spiro atoms. The van der Waals surface area contributed by atoms with E-state index in [-0.39, 0.29) is 0 Å². The summed E-state index contributed by atoms with van der Waals surface area (Å²) in [4.78, 5) is 0. The molecule has 0 bridgehead atoms. The highest BCUT2D eigenvalue weighted by molar-refractivity contribution is 6.28. The lowest BCUT2D eigenvalue weighted by atomic mass is 10.3. The molecule has 0 amide bonds. The summed E-state index contributed by atoms with van der Waals surface area (Å²) < 4.78 is 6.59. The van der Waals surface area contributed by atoms with Crippen LogP contribution in [0.15, 0.2) is 16.9 Å². The van der Waals surface area contributed by atoms with E-state index in [0.29, 0.717) is 11.8 Å². The Morgan fingerprint density at radius 1 is 1.47 bits per heavy atom. The first-order valence-corrected chi connectivity index (χ1v) is 5.16. The Kier molecular flexibility index (Phi) is 3.01. The van der Waals surface area contributed by atoms with Crippen molar-refractivity contribution in [2.24, 2.45) is 0 Å². The summed E-state index contributed by atoms with van der Waals surface area (Å²) in [6.45, 7) is 2.64. The molecule has 2 aromatic rings. The van der Waals surface area contributed by atoms with Crippen molar-refractivity contribution >= 4 is 11.6 Å². The minimum atomic E-state index is 0.390. The van der Waals surface area contributed by atoms with Gasteiger partial charge in [0.05, 0.1) is 6.54 Å². The lowest BCUT2D eigenvalue weighted by molar-refractivity contribution is 0.409. The third-order valence-corrected chi connectivity index (χ3v) is 2.35. The van der Waals surface area contributed by atoms with Crippen LogP contribution in [0.3, 0.4) is 0 Å². The number of rotatable bonds is 4. The lowest BCUT2D eigenvalue weighted by Gasteiger charge is -2.03. The van der Waals surface area contributed by atoms with Crippen molar-refractivity contribution in [2.45, 2.75) is 26.3 Å². The highest BCUT2D eigenvalue weighted by Crippen LogP contribution is 2.12. The van der Waals surface area contributed by atoms with E-state index >= 15 is 0 Å². The highest BCUT2D eigenvalue weighted by atomic mass is 35.5. The summed E-state index contributed by atoms with van der Waals surface area (Å²) in [6, 6.07) is 1.80. The minimum absolute atomic E-state index is 0.390. The van der Waals surface area contributed by atoms with E-state index in [1.54, 1.807) is 6.07 Å². The second-order valence-corrected chi connectivity index (χ2v) is 3.55. The fraction of sp³-hybridized carbons (Fsp3) is 0.444. The Bertz CT molecular complexity index is 423. The molecule has 5 nitrogen and oxygen atoms in total. The van der Waals surface area contributed by atoms with Gasteiger partial charge in [-0.3, -0.25) is 4.57 Å². The van der Waals surface area contributed by atoms with Gasteiger partial charge in [0.2, 0.25) is 5.28 Å². The van der Waals surface area contributed by atoms with E-state index in [1.165, 1.54) is 6.26 Å². The summed E-state index contributed by atoms with van der Waals surface area (Å²) in [5, 5.41) is 12.1. The summed E-state index contributed by atoms with van der Waals surface area (Å²) in [7, 11) is 0. The summed E-state index contributed by atoms with van der Waals surface area (Å²) in [5.41, 5.74) is 0.814. The maximum atomic E-state index is 5.93. The van der Waals surface area contributed by atoms with Gasteiger partial charge in [-0.05, 0) is 18.0 Å². The van der Waals surface area contributed by atoms with Crippen LogP contribution in [0.5, 0.6) is 0 Å². The first-order chi connectivity index (χ1) is 7.31. The topological polar surface area (TPSA) is 56.7 Å². The van der Waals surface area contributed by atoms with Crippen LogP contribution in [-0.2, 0) is 13.0 Å². The van der Waals surface area contributed by atoms with E-state index < -0.39 is 0 Å². The predicted octanol–water partition coefficient (Wildman–Crippen LogP) is 1.92. The summed E-state index contributed by atoms with van der Waals surface area (Å²) >= 11 is 5.93. The van der Waals surface area contributed by atoms with Crippen LogP contribution in [0.2, 0.25) is 5.28 Å². The third kappa shape index (κ3) is 2.18. The third-order valence-electron chi connectivity index (χ3n) is 2.07. The average molecular weight is 227 g/mol. The molecule has 0 aliphatic carbocycles. The fourth-order valence-corrected chi connectivity index (χ4v) is 1.55. The van der Waals surface area contributed by atoms with Crippen molar-refractivity contribution in [2.75, 3.05) is 0 Å². The van der Waals surface area contributed by atoms with Gasteiger partial charge in [0, 0.05) is 12.5 Å². The van der Waals surface area contributed by atoms with Crippen molar-refractivity contribution in [1.82, 2.24) is 19.9 Å². The number of nitrogens with zero attached hydrogens (tertiary/aromatic N) is 4. The van der Waals surface area contributed by atoms with Crippen LogP contribution in [0.1, 0.15) is 24.9 Å². The van der Waals surface area contributed by atoms with Gasteiger partial charge >= 0.3 is 0 Å². The molecule has 0 radical (unpaired) electrons. The molecule has 0 atom stereocenters. The molecule has 2 heterocycles. The van der Waals surface area contributed by atoms with E-state index in [9.17, 15) is 0 Å². The van der Waals surface area contributed by atoms with Gasteiger partial charge in [0.25, 0.3) is 0 Å². The molecule has 2 aromatic heterocycles. The highest BCUT2D eigenvalue weighted by Gasteiger charge is 2.10. The van der Waals surface area contributed by atoms with Gasteiger partial charge in [-0.15, -0.1) is 10.2 Å². The lowest BCUT2D eigenvalue weighted by Crippen LogP contribution is -2.05. The summed E-state index contributed by atoms with van der Waals surface area (Å²) in [5.74, 6) is 0.880. The molecule has 80 valence electrons. The molecular weight excluding hydrogens is 216 g/mol. The van der Waals surface area contributed by atoms with Crippen molar-refractivity contribution in [3.63, 3.8) is 0 Å². The van der Waals surface area contributed by atoms with Gasteiger partial charge in [0.1, 0.15) is 17.8 Å². The van der Waals surface area contributed by atoms with Gasteiger partial charge < -0.3 is 4.52 Å². The normalized spacial score (nSPS) is 10.8. The minimum Gasteiger partial charge on any atom is -0.364 e. The Hall–Kier alpha value is -1.36. The average Bonchev–Trinajstić information content (AvgIpc) is 2.83. The Balaban J connectivity index is 2.22. The van der Waals surface area contributed by atoms with Crippen LogP contribution < -0.4 is 0 Å².